The van der Waals surface area contributed by atoms with Gasteiger partial charge in [0.1, 0.15) is 0 Å². The Morgan fingerprint density at radius 2 is 2.36 bits per heavy atom. The van der Waals surface area contributed by atoms with Crippen LogP contribution in [0.2, 0.25) is 0 Å². The molecule has 0 atom stereocenters. The minimum absolute atomic E-state index is 0.213. The third-order valence-corrected chi connectivity index (χ3v) is 2.34. The molecule has 4 heteroatoms. The molecule has 4 nitrogen and oxygen atoms in total. The lowest BCUT2D eigenvalue weighted by Crippen LogP contribution is -2.18. The minimum Gasteiger partial charge on any atom is -0.478 e. The van der Waals surface area contributed by atoms with Crippen molar-refractivity contribution in [2.24, 2.45) is 0 Å². The van der Waals surface area contributed by atoms with Crippen LogP contribution in [0.5, 0.6) is 5.88 Å². The highest BCUT2D eigenvalue weighted by Crippen LogP contribution is 2.37. The number of hydrogen-bond donors (Lipinski definition) is 1. The molecule has 1 saturated carbocycles. The van der Waals surface area contributed by atoms with Gasteiger partial charge in [-0.2, -0.15) is 4.98 Å². The second-order valence-electron chi connectivity index (χ2n) is 3.84. The Kier molecular flexibility index (Phi) is 2.27. The number of hydrogen-bond acceptors (Lipinski definition) is 4. The molecule has 76 valence electrons. The number of nitrogens with zero attached hydrogens (tertiary/aromatic N) is 2. The van der Waals surface area contributed by atoms with Gasteiger partial charge >= 0.3 is 0 Å². The standard InChI is InChI=1S/C10H15N3O/c1-3-14-8-4-7-11-9(12-8)13-10(2)5-6-10/h4,7H,3,5-6H2,1-2H3,(H,11,12,13). The van der Waals surface area contributed by atoms with Crippen LogP contribution in [0.15, 0.2) is 12.3 Å². The van der Waals surface area contributed by atoms with Gasteiger partial charge in [0.15, 0.2) is 0 Å². The van der Waals surface area contributed by atoms with Crippen molar-refractivity contribution in [2.45, 2.75) is 32.2 Å². The number of nitrogens with one attached hydrogen (secondary N) is 1. The second-order valence-corrected chi connectivity index (χ2v) is 3.84. The highest BCUT2D eigenvalue weighted by atomic mass is 16.5. The van der Waals surface area contributed by atoms with Crippen LogP contribution in [0, 0.1) is 0 Å². The minimum atomic E-state index is 0.213. The second kappa shape index (κ2) is 3.44. The summed E-state index contributed by atoms with van der Waals surface area (Å²) >= 11 is 0. The zero-order valence-electron chi connectivity index (χ0n) is 8.58. The van der Waals surface area contributed by atoms with Crippen LogP contribution in [-0.4, -0.2) is 22.1 Å². The maximum absolute atomic E-state index is 5.29. The average molecular weight is 193 g/mol. The van der Waals surface area contributed by atoms with Crippen LogP contribution < -0.4 is 10.1 Å². The predicted molar refractivity (Wildman–Crippen MR) is 54.5 cm³/mol. The van der Waals surface area contributed by atoms with Gasteiger partial charge in [-0.1, -0.05) is 0 Å². The summed E-state index contributed by atoms with van der Waals surface area (Å²) in [6.45, 7) is 4.74. The summed E-state index contributed by atoms with van der Waals surface area (Å²) in [6.07, 6.45) is 4.09. The monoisotopic (exact) mass is 193 g/mol. The molecule has 1 aliphatic rings. The van der Waals surface area contributed by atoms with E-state index in [2.05, 4.69) is 22.2 Å². The van der Waals surface area contributed by atoms with Gasteiger partial charge in [-0.3, -0.25) is 0 Å². The first-order chi connectivity index (χ1) is 6.72. The summed E-state index contributed by atoms with van der Waals surface area (Å²) in [6, 6.07) is 1.77. The lowest BCUT2D eigenvalue weighted by molar-refractivity contribution is 0.326. The predicted octanol–water partition coefficient (Wildman–Crippen LogP) is 1.84. The molecule has 1 aromatic rings. The molecule has 0 radical (unpaired) electrons. The fraction of sp³-hybridized carbons (Fsp3) is 0.600. The van der Waals surface area contributed by atoms with E-state index in [1.807, 2.05) is 6.92 Å². The molecular formula is C10H15N3O. The van der Waals surface area contributed by atoms with Gasteiger partial charge in [0.2, 0.25) is 11.8 Å². The van der Waals surface area contributed by atoms with E-state index in [9.17, 15) is 0 Å². The Hall–Kier alpha value is -1.32. The van der Waals surface area contributed by atoms with Crippen molar-refractivity contribution in [1.82, 2.24) is 9.97 Å². The van der Waals surface area contributed by atoms with Crippen molar-refractivity contribution in [2.75, 3.05) is 11.9 Å². The molecule has 1 aromatic heterocycles. The van der Waals surface area contributed by atoms with E-state index in [0.29, 0.717) is 18.4 Å². The fourth-order valence-corrected chi connectivity index (χ4v) is 1.21. The van der Waals surface area contributed by atoms with E-state index in [4.69, 9.17) is 4.74 Å². The summed E-state index contributed by atoms with van der Waals surface area (Å²) < 4.78 is 5.29. The Morgan fingerprint density at radius 3 is 3.00 bits per heavy atom. The van der Waals surface area contributed by atoms with Crippen LogP contribution in [0.25, 0.3) is 0 Å². The van der Waals surface area contributed by atoms with Gasteiger partial charge in [0.25, 0.3) is 0 Å². The van der Waals surface area contributed by atoms with Crippen LogP contribution in [-0.2, 0) is 0 Å². The van der Waals surface area contributed by atoms with Gasteiger partial charge < -0.3 is 10.1 Å². The van der Waals surface area contributed by atoms with E-state index in [-0.39, 0.29) is 5.54 Å². The molecule has 0 spiro atoms. The van der Waals surface area contributed by atoms with E-state index in [1.54, 1.807) is 12.3 Å². The number of rotatable bonds is 4. The molecule has 0 saturated heterocycles. The van der Waals surface area contributed by atoms with Gasteiger partial charge in [-0.05, 0) is 26.7 Å². The summed E-state index contributed by atoms with van der Waals surface area (Å²) in [5.74, 6) is 1.30. The quantitative estimate of drug-likeness (QED) is 0.792. The van der Waals surface area contributed by atoms with E-state index in [0.717, 1.165) is 0 Å². The molecule has 0 bridgehead atoms. The molecule has 0 amide bonds. The first-order valence-electron chi connectivity index (χ1n) is 4.96. The number of aromatic nitrogens is 2. The Labute approximate surface area is 83.7 Å². The Morgan fingerprint density at radius 1 is 1.57 bits per heavy atom. The molecule has 1 aliphatic carbocycles. The van der Waals surface area contributed by atoms with Crippen LogP contribution in [0.3, 0.4) is 0 Å². The highest BCUT2D eigenvalue weighted by molar-refractivity contribution is 5.34. The van der Waals surface area contributed by atoms with E-state index in [1.165, 1.54) is 12.8 Å². The normalized spacial score (nSPS) is 17.6. The zero-order valence-corrected chi connectivity index (χ0v) is 8.58. The Balaban J connectivity index is 2.06. The topological polar surface area (TPSA) is 47.0 Å². The van der Waals surface area contributed by atoms with Crippen molar-refractivity contribution < 1.29 is 4.74 Å². The van der Waals surface area contributed by atoms with Crippen molar-refractivity contribution in [3.05, 3.63) is 12.3 Å². The summed E-state index contributed by atoms with van der Waals surface area (Å²) in [5, 5.41) is 3.29. The number of anilines is 1. The fourth-order valence-electron chi connectivity index (χ4n) is 1.21. The molecule has 0 aromatic carbocycles. The van der Waals surface area contributed by atoms with Crippen molar-refractivity contribution in [1.29, 1.82) is 0 Å². The van der Waals surface area contributed by atoms with Gasteiger partial charge in [-0.25, -0.2) is 4.98 Å². The molecule has 1 fully saturated rings. The van der Waals surface area contributed by atoms with Gasteiger partial charge in [0.05, 0.1) is 6.61 Å². The molecular weight excluding hydrogens is 178 g/mol. The summed E-state index contributed by atoms with van der Waals surface area (Å²) in [7, 11) is 0. The van der Waals surface area contributed by atoms with E-state index >= 15 is 0 Å². The van der Waals surface area contributed by atoms with E-state index < -0.39 is 0 Å². The summed E-state index contributed by atoms with van der Waals surface area (Å²) in [4.78, 5) is 8.39. The first kappa shape index (κ1) is 9.24. The SMILES string of the molecule is CCOc1ccnc(NC2(C)CC2)n1. The zero-order chi connectivity index (χ0) is 10.0. The maximum Gasteiger partial charge on any atom is 0.226 e. The maximum atomic E-state index is 5.29. The molecule has 1 N–H and O–H groups in total. The van der Waals surface area contributed by atoms with Crippen molar-refractivity contribution >= 4 is 5.95 Å². The van der Waals surface area contributed by atoms with Crippen LogP contribution in [0.1, 0.15) is 26.7 Å². The lowest BCUT2D eigenvalue weighted by Gasteiger charge is -2.11. The van der Waals surface area contributed by atoms with Gasteiger partial charge in [-0.15, -0.1) is 0 Å². The molecule has 1 heterocycles. The number of ether oxygens (including phenoxy) is 1. The molecule has 2 rings (SSSR count). The molecule has 0 aliphatic heterocycles. The van der Waals surface area contributed by atoms with Crippen molar-refractivity contribution in [3.63, 3.8) is 0 Å². The van der Waals surface area contributed by atoms with Crippen LogP contribution >= 0.6 is 0 Å². The largest absolute Gasteiger partial charge is 0.478 e. The molecule has 14 heavy (non-hydrogen) atoms. The van der Waals surface area contributed by atoms with Gasteiger partial charge in [0, 0.05) is 17.8 Å². The lowest BCUT2D eigenvalue weighted by atomic mass is 10.3. The highest BCUT2D eigenvalue weighted by Gasteiger charge is 2.37. The first-order valence-corrected chi connectivity index (χ1v) is 4.96. The van der Waals surface area contributed by atoms with Crippen molar-refractivity contribution in [3.8, 4) is 5.88 Å². The summed E-state index contributed by atoms with van der Waals surface area (Å²) in [5.41, 5.74) is 0.213. The smallest absolute Gasteiger partial charge is 0.226 e. The third kappa shape index (κ3) is 2.13. The third-order valence-electron chi connectivity index (χ3n) is 2.34. The molecule has 0 unspecified atom stereocenters. The Bertz CT molecular complexity index is 323. The average Bonchev–Trinajstić information content (AvgIpc) is 2.84. The van der Waals surface area contributed by atoms with Crippen LogP contribution in [0.4, 0.5) is 5.95 Å².